The van der Waals surface area contributed by atoms with Gasteiger partial charge < -0.3 is 9.84 Å². The lowest BCUT2D eigenvalue weighted by Gasteiger charge is -2.53. The third-order valence-corrected chi connectivity index (χ3v) is 5.37. The molecule has 0 saturated carbocycles. The molecular weight excluding hydrogens is 314 g/mol. The van der Waals surface area contributed by atoms with Gasteiger partial charge in [0.25, 0.3) is 0 Å². The van der Waals surface area contributed by atoms with Crippen LogP contribution in [0.1, 0.15) is 70.7 Å². The van der Waals surface area contributed by atoms with E-state index < -0.39 is 6.10 Å². The maximum atomic E-state index is 11.6. The van der Waals surface area contributed by atoms with Gasteiger partial charge in [-0.1, -0.05) is 6.92 Å². The van der Waals surface area contributed by atoms with Crippen molar-refractivity contribution in [3.8, 4) is 5.75 Å². The van der Waals surface area contributed by atoms with Crippen LogP contribution in [-0.4, -0.2) is 46.1 Å². The molecule has 25 heavy (non-hydrogen) atoms. The van der Waals surface area contributed by atoms with Crippen molar-refractivity contribution in [2.45, 2.75) is 77.5 Å². The molecule has 0 bridgehead atoms. The minimum Gasteiger partial charge on any atom is -0.491 e. The van der Waals surface area contributed by atoms with Crippen molar-refractivity contribution in [2.75, 3.05) is 13.2 Å². The highest BCUT2D eigenvalue weighted by Gasteiger charge is 2.41. The van der Waals surface area contributed by atoms with Crippen molar-refractivity contribution in [3.05, 3.63) is 29.8 Å². The summed E-state index contributed by atoms with van der Waals surface area (Å²) in [6, 6.07) is 7.16. The molecule has 1 aliphatic heterocycles. The Labute approximate surface area is 152 Å². The molecular formula is C21H33NO3. The summed E-state index contributed by atoms with van der Waals surface area (Å²) in [6.07, 6.45) is 3.48. The van der Waals surface area contributed by atoms with Gasteiger partial charge in [0.1, 0.15) is 18.5 Å². The number of piperidine rings is 1. The van der Waals surface area contributed by atoms with E-state index in [9.17, 15) is 9.90 Å². The molecule has 2 rings (SSSR count). The van der Waals surface area contributed by atoms with E-state index in [1.54, 1.807) is 24.3 Å². The number of aliphatic hydroxyl groups excluding tert-OH is 1. The molecule has 1 atom stereocenters. The average Bonchev–Trinajstić information content (AvgIpc) is 2.56. The highest BCUT2D eigenvalue weighted by Crippen LogP contribution is 2.38. The molecule has 0 spiro atoms. The molecule has 1 fully saturated rings. The smallest absolute Gasteiger partial charge is 0.162 e. The van der Waals surface area contributed by atoms with Crippen molar-refractivity contribution in [2.24, 2.45) is 0 Å². The predicted molar refractivity (Wildman–Crippen MR) is 101 cm³/mol. The first kappa shape index (κ1) is 19.9. The molecule has 0 aromatic heterocycles. The Morgan fingerprint density at radius 1 is 1.16 bits per heavy atom. The van der Waals surface area contributed by atoms with Crippen LogP contribution >= 0.6 is 0 Å². The largest absolute Gasteiger partial charge is 0.491 e. The van der Waals surface area contributed by atoms with E-state index in [2.05, 4.69) is 32.6 Å². The monoisotopic (exact) mass is 347 g/mol. The second-order valence-corrected chi connectivity index (χ2v) is 8.35. The van der Waals surface area contributed by atoms with Gasteiger partial charge in [-0.05, 0) is 71.2 Å². The number of carbonyl (C=O) groups excluding carboxylic acids is 1. The zero-order chi connectivity index (χ0) is 18.7. The van der Waals surface area contributed by atoms with Crippen molar-refractivity contribution in [1.29, 1.82) is 0 Å². The lowest BCUT2D eigenvalue weighted by Crippen LogP contribution is -2.60. The first-order valence-corrected chi connectivity index (χ1v) is 9.37. The van der Waals surface area contributed by atoms with Crippen LogP contribution in [0.3, 0.4) is 0 Å². The van der Waals surface area contributed by atoms with Gasteiger partial charge in [0.2, 0.25) is 0 Å². The molecule has 1 aromatic rings. The molecule has 140 valence electrons. The van der Waals surface area contributed by atoms with Gasteiger partial charge in [-0.15, -0.1) is 0 Å². The Morgan fingerprint density at radius 3 is 2.24 bits per heavy atom. The number of Topliss-reactive ketones (excluding diaryl/α,β-unsaturated/α-hetero) is 1. The van der Waals surface area contributed by atoms with E-state index in [1.165, 1.54) is 6.42 Å². The average molecular weight is 347 g/mol. The first-order chi connectivity index (χ1) is 11.7. The molecule has 1 unspecified atom stereocenters. The topological polar surface area (TPSA) is 49.8 Å². The van der Waals surface area contributed by atoms with Gasteiger partial charge in [-0.2, -0.15) is 0 Å². The van der Waals surface area contributed by atoms with Crippen LogP contribution in [-0.2, 0) is 0 Å². The van der Waals surface area contributed by atoms with Crippen molar-refractivity contribution in [3.63, 3.8) is 0 Å². The lowest BCUT2D eigenvalue weighted by molar-refractivity contribution is -0.0606. The van der Waals surface area contributed by atoms with Gasteiger partial charge in [0, 0.05) is 29.6 Å². The summed E-state index contributed by atoms with van der Waals surface area (Å²) in [4.78, 5) is 14.1. The summed E-state index contributed by atoms with van der Waals surface area (Å²) in [5, 5.41) is 10.5. The Morgan fingerprint density at radius 2 is 1.72 bits per heavy atom. The zero-order valence-electron chi connectivity index (χ0n) is 16.3. The van der Waals surface area contributed by atoms with Crippen LogP contribution in [0, 0.1) is 0 Å². The van der Waals surface area contributed by atoms with E-state index >= 15 is 0 Å². The third kappa shape index (κ3) is 5.05. The van der Waals surface area contributed by atoms with Gasteiger partial charge >= 0.3 is 0 Å². The van der Waals surface area contributed by atoms with E-state index in [0.717, 1.165) is 12.8 Å². The first-order valence-electron chi connectivity index (χ1n) is 9.37. The van der Waals surface area contributed by atoms with Crippen LogP contribution < -0.4 is 4.74 Å². The number of benzene rings is 1. The number of hydrogen-bond acceptors (Lipinski definition) is 4. The molecule has 0 amide bonds. The van der Waals surface area contributed by atoms with Crippen LogP contribution in [0.4, 0.5) is 0 Å². The molecule has 1 saturated heterocycles. The minimum atomic E-state index is -0.548. The predicted octanol–water partition coefficient (Wildman–Crippen LogP) is 4.06. The summed E-state index contributed by atoms with van der Waals surface area (Å²) in [6.45, 7) is 11.7. The summed E-state index contributed by atoms with van der Waals surface area (Å²) in [5.41, 5.74) is 0.877. The van der Waals surface area contributed by atoms with Crippen LogP contribution in [0.5, 0.6) is 5.75 Å². The Kier molecular flexibility index (Phi) is 6.28. The third-order valence-electron chi connectivity index (χ3n) is 5.37. The molecule has 1 aliphatic rings. The summed E-state index contributed by atoms with van der Waals surface area (Å²) < 4.78 is 5.73. The van der Waals surface area contributed by atoms with Crippen molar-refractivity contribution in [1.82, 2.24) is 4.90 Å². The van der Waals surface area contributed by atoms with Gasteiger partial charge in [0.05, 0.1) is 0 Å². The molecule has 0 aliphatic carbocycles. The van der Waals surface area contributed by atoms with Crippen molar-refractivity contribution >= 4 is 5.78 Å². The van der Waals surface area contributed by atoms with Crippen LogP contribution in [0.15, 0.2) is 24.3 Å². The number of β-amino-alcohol motifs (C(OH)–C–C–N with tert-alkyl or cyclic N) is 1. The molecule has 0 radical (unpaired) electrons. The summed E-state index contributed by atoms with van der Waals surface area (Å²) in [7, 11) is 0. The standard InChI is InChI=1S/C21H33NO3/c1-6-19(24)16-8-10-18(11-9-16)25-15-17(23)14-22-20(2,3)12-7-13-21(22,4)5/h8-11,17,23H,6-7,12-15H2,1-5H3. The number of rotatable bonds is 7. The van der Waals surface area contributed by atoms with Gasteiger partial charge in [-0.3, -0.25) is 9.69 Å². The molecule has 1 heterocycles. The Hall–Kier alpha value is -1.39. The molecule has 1 aromatic carbocycles. The number of ether oxygens (including phenoxy) is 1. The molecule has 4 heteroatoms. The highest BCUT2D eigenvalue weighted by atomic mass is 16.5. The number of nitrogens with zero attached hydrogens (tertiary/aromatic N) is 1. The fraction of sp³-hybridized carbons (Fsp3) is 0.667. The second-order valence-electron chi connectivity index (χ2n) is 8.35. The number of hydrogen-bond donors (Lipinski definition) is 1. The fourth-order valence-electron chi connectivity index (χ4n) is 3.93. The number of ketones is 1. The molecule has 4 nitrogen and oxygen atoms in total. The number of carbonyl (C=O) groups is 1. The number of aliphatic hydroxyl groups is 1. The van der Waals surface area contributed by atoms with E-state index in [1.807, 2.05) is 6.92 Å². The maximum Gasteiger partial charge on any atom is 0.162 e. The van der Waals surface area contributed by atoms with Crippen LogP contribution in [0.2, 0.25) is 0 Å². The van der Waals surface area contributed by atoms with Crippen LogP contribution in [0.25, 0.3) is 0 Å². The van der Waals surface area contributed by atoms with E-state index in [0.29, 0.717) is 24.3 Å². The Bertz CT molecular complexity index is 561. The zero-order valence-corrected chi connectivity index (χ0v) is 16.3. The summed E-state index contributed by atoms with van der Waals surface area (Å²) in [5.74, 6) is 0.810. The highest BCUT2D eigenvalue weighted by molar-refractivity contribution is 5.95. The van der Waals surface area contributed by atoms with Gasteiger partial charge in [0.15, 0.2) is 5.78 Å². The minimum absolute atomic E-state index is 0.0882. The van der Waals surface area contributed by atoms with E-state index in [4.69, 9.17) is 4.74 Å². The molecule has 1 N–H and O–H groups in total. The quantitative estimate of drug-likeness (QED) is 0.756. The normalized spacial score (nSPS) is 20.9. The second kappa shape index (κ2) is 7.88. The van der Waals surface area contributed by atoms with E-state index in [-0.39, 0.29) is 23.5 Å². The number of likely N-dealkylation sites (tertiary alicyclic amines) is 1. The van der Waals surface area contributed by atoms with Gasteiger partial charge in [-0.25, -0.2) is 0 Å². The summed E-state index contributed by atoms with van der Waals surface area (Å²) >= 11 is 0. The van der Waals surface area contributed by atoms with Crippen molar-refractivity contribution < 1.29 is 14.6 Å². The lowest BCUT2D eigenvalue weighted by atomic mass is 9.79. The fourth-order valence-corrected chi connectivity index (χ4v) is 3.93. The Balaban J connectivity index is 1.91. The SMILES string of the molecule is CCC(=O)c1ccc(OCC(O)CN2C(C)(C)CCCC2(C)C)cc1. The maximum absolute atomic E-state index is 11.6.